The molecule has 1 atom stereocenters. The summed E-state index contributed by atoms with van der Waals surface area (Å²) in [6, 6.07) is 13.1. The van der Waals surface area contributed by atoms with Gasteiger partial charge in [-0.15, -0.1) is 0 Å². The van der Waals surface area contributed by atoms with E-state index in [4.69, 9.17) is 14.2 Å². The van der Waals surface area contributed by atoms with Crippen LogP contribution in [0.5, 0.6) is 11.5 Å². The van der Waals surface area contributed by atoms with Crippen molar-refractivity contribution in [2.45, 2.75) is 44.6 Å². The Kier molecular flexibility index (Phi) is 7.31. The zero-order valence-corrected chi connectivity index (χ0v) is 21.4. The molecule has 1 fully saturated rings. The topological polar surface area (TPSA) is 73.9 Å². The van der Waals surface area contributed by atoms with E-state index < -0.39 is 11.5 Å². The number of benzene rings is 2. The molecule has 6 nitrogen and oxygen atoms in total. The first-order valence-electron chi connectivity index (χ1n) is 11.5. The number of methoxy groups -OCH3 is 3. The molecule has 0 aliphatic heterocycles. The van der Waals surface area contributed by atoms with Crippen LogP contribution in [0.25, 0.3) is 11.1 Å². The number of carbonyl (C=O) groups excluding carboxylic acids is 2. The van der Waals surface area contributed by atoms with Gasteiger partial charge in [0.15, 0.2) is 5.78 Å². The Bertz CT molecular complexity index is 1080. The van der Waals surface area contributed by atoms with Crippen molar-refractivity contribution in [3.05, 3.63) is 58.2 Å². The van der Waals surface area contributed by atoms with Crippen LogP contribution in [-0.4, -0.2) is 39.1 Å². The first-order valence-corrected chi connectivity index (χ1v) is 12.3. The number of Topliss-reactive ketones (excluding diaryl/α,β-unsaturated/α-hetero) is 1. The predicted octanol–water partition coefficient (Wildman–Crippen LogP) is 5.18. The molecule has 2 aromatic carbocycles. The molecule has 0 saturated heterocycles. The minimum Gasteiger partial charge on any atom is -0.496 e. The SMILES string of the molecule is COC(=O)[C@H](Cc1cc(OC)c(-c2ccccc2)c(OC)c1)NC1=C(Br)C(=O)C12CCCCC2. The number of allylic oxidation sites excluding steroid dienone is 2. The number of esters is 1. The maximum absolute atomic E-state index is 12.8. The van der Waals surface area contributed by atoms with E-state index in [0.29, 0.717) is 22.4 Å². The van der Waals surface area contributed by atoms with Gasteiger partial charge in [0.25, 0.3) is 0 Å². The quantitative estimate of drug-likeness (QED) is 0.476. The van der Waals surface area contributed by atoms with Crippen molar-refractivity contribution in [1.29, 1.82) is 0 Å². The summed E-state index contributed by atoms with van der Waals surface area (Å²) in [6.45, 7) is 0. The van der Waals surface area contributed by atoms with Crippen LogP contribution in [0.15, 0.2) is 52.6 Å². The average Bonchev–Trinajstić information content (AvgIpc) is 2.90. The molecule has 1 saturated carbocycles. The highest BCUT2D eigenvalue weighted by Gasteiger charge is 2.53. The van der Waals surface area contributed by atoms with Gasteiger partial charge < -0.3 is 19.5 Å². The largest absolute Gasteiger partial charge is 0.496 e. The standard InChI is InChI=1S/C27H30BrNO5/c1-32-20-15-17(16-21(33-2)22(20)18-10-6-4-7-11-18)14-19(26(31)34-3)29-24-23(28)25(30)27(24)12-8-5-9-13-27/h4,6-7,10-11,15-16,19,29H,5,8-9,12-14H2,1-3H3/t19-/m0/s1. The molecule has 0 bridgehead atoms. The second-order valence-corrected chi connectivity index (χ2v) is 9.62. The molecule has 0 unspecified atom stereocenters. The molecule has 2 aromatic rings. The van der Waals surface area contributed by atoms with Gasteiger partial charge >= 0.3 is 5.97 Å². The van der Waals surface area contributed by atoms with Crippen LogP contribution in [0.3, 0.4) is 0 Å². The molecule has 1 spiro atoms. The molecule has 2 aliphatic carbocycles. The van der Waals surface area contributed by atoms with Crippen LogP contribution < -0.4 is 14.8 Å². The summed E-state index contributed by atoms with van der Waals surface area (Å²) in [7, 11) is 4.62. The number of rotatable bonds is 8. The zero-order chi connectivity index (χ0) is 24.3. The van der Waals surface area contributed by atoms with Crippen molar-refractivity contribution >= 4 is 27.7 Å². The van der Waals surface area contributed by atoms with E-state index >= 15 is 0 Å². The number of halogens is 1. The lowest BCUT2D eigenvalue weighted by Gasteiger charge is -2.46. The highest BCUT2D eigenvalue weighted by Crippen LogP contribution is 2.53. The highest BCUT2D eigenvalue weighted by atomic mass is 79.9. The maximum atomic E-state index is 12.8. The van der Waals surface area contributed by atoms with E-state index in [0.717, 1.165) is 54.5 Å². The first kappa shape index (κ1) is 24.3. The van der Waals surface area contributed by atoms with Gasteiger partial charge in [-0.3, -0.25) is 4.79 Å². The molecule has 0 amide bonds. The monoisotopic (exact) mass is 527 g/mol. The fraction of sp³-hybridized carbons (Fsp3) is 0.407. The number of carbonyl (C=O) groups is 2. The second kappa shape index (κ2) is 10.2. The number of hydrogen-bond donors (Lipinski definition) is 1. The van der Waals surface area contributed by atoms with E-state index in [1.165, 1.54) is 7.11 Å². The Labute approximate surface area is 208 Å². The minimum atomic E-state index is -0.656. The van der Waals surface area contributed by atoms with E-state index in [2.05, 4.69) is 21.2 Å². The summed E-state index contributed by atoms with van der Waals surface area (Å²) < 4.78 is 17.1. The molecule has 4 rings (SSSR count). The molecule has 0 heterocycles. The number of ketones is 1. The highest BCUT2D eigenvalue weighted by molar-refractivity contribution is 9.12. The third kappa shape index (κ3) is 4.33. The summed E-state index contributed by atoms with van der Waals surface area (Å²) in [6.07, 6.45) is 5.12. The van der Waals surface area contributed by atoms with Crippen LogP contribution in [0.4, 0.5) is 0 Å². The third-order valence-electron chi connectivity index (χ3n) is 6.91. The molecule has 2 aliphatic rings. The smallest absolute Gasteiger partial charge is 0.328 e. The van der Waals surface area contributed by atoms with E-state index in [9.17, 15) is 9.59 Å². The second-order valence-electron chi connectivity index (χ2n) is 8.83. The van der Waals surface area contributed by atoms with Gasteiger partial charge in [-0.2, -0.15) is 0 Å². The molecule has 0 radical (unpaired) electrons. The predicted molar refractivity (Wildman–Crippen MR) is 134 cm³/mol. The minimum absolute atomic E-state index is 0.133. The van der Waals surface area contributed by atoms with Crippen LogP contribution in [0.1, 0.15) is 37.7 Å². The Balaban J connectivity index is 1.66. The molecular weight excluding hydrogens is 498 g/mol. The van der Waals surface area contributed by atoms with Gasteiger partial charge in [-0.1, -0.05) is 49.6 Å². The van der Waals surface area contributed by atoms with E-state index in [1.807, 2.05) is 42.5 Å². The van der Waals surface area contributed by atoms with Crippen LogP contribution >= 0.6 is 15.9 Å². The first-order chi connectivity index (χ1) is 16.4. The summed E-state index contributed by atoms with van der Waals surface area (Å²) in [5.74, 6) is 1.07. The lowest BCUT2D eigenvalue weighted by atomic mass is 9.62. The average molecular weight is 528 g/mol. The van der Waals surface area contributed by atoms with E-state index in [-0.39, 0.29) is 11.8 Å². The molecular formula is C27H30BrNO5. The summed E-state index contributed by atoms with van der Waals surface area (Å²) in [5.41, 5.74) is 3.01. The van der Waals surface area contributed by atoms with Gasteiger partial charge in [0.2, 0.25) is 0 Å². The molecule has 180 valence electrons. The molecule has 0 aromatic heterocycles. The lowest BCUT2D eigenvalue weighted by Crippen LogP contribution is -2.53. The number of hydrogen-bond acceptors (Lipinski definition) is 6. The Morgan fingerprint density at radius 2 is 1.65 bits per heavy atom. The van der Waals surface area contributed by atoms with Crippen molar-refractivity contribution in [1.82, 2.24) is 5.32 Å². The number of nitrogens with one attached hydrogen (secondary N) is 1. The maximum Gasteiger partial charge on any atom is 0.328 e. The molecule has 34 heavy (non-hydrogen) atoms. The van der Waals surface area contributed by atoms with Crippen LogP contribution in [0.2, 0.25) is 0 Å². The van der Waals surface area contributed by atoms with Gasteiger partial charge in [0.05, 0.1) is 36.8 Å². The van der Waals surface area contributed by atoms with Gasteiger partial charge in [-0.05, 0) is 52.0 Å². The lowest BCUT2D eigenvalue weighted by molar-refractivity contribution is -0.143. The van der Waals surface area contributed by atoms with Gasteiger partial charge in [0, 0.05) is 12.1 Å². The van der Waals surface area contributed by atoms with Crippen molar-refractivity contribution in [3.63, 3.8) is 0 Å². The van der Waals surface area contributed by atoms with Crippen molar-refractivity contribution in [2.24, 2.45) is 5.41 Å². The summed E-state index contributed by atoms with van der Waals surface area (Å²) in [5, 5.41) is 3.37. The summed E-state index contributed by atoms with van der Waals surface area (Å²) in [4.78, 5) is 25.6. The normalized spacial score (nSPS) is 17.7. The van der Waals surface area contributed by atoms with Crippen molar-refractivity contribution in [2.75, 3.05) is 21.3 Å². The Hall–Kier alpha value is -2.80. The fourth-order valence-electron chi connectivity index (χ4n) is 5.14. The van der Waals surface area contributed by atoms with Crippen molar-refractivity contribution in [3.8, 4) is 22.6 Å². The third-order valence-corrected chi connectivity index (χ3v) is 7.67. The van der Waals surface area contributed by atoms with Gasteiger partial charge in [-0.25, -0.2) is 4.79 Å². The van der Waals surface area contributed by atoms with E-state index in [1.54, 1.807) is 14.2 Å². The zero-order valence-electron chi connectivity index (χ0n) is 19.8. The van der Waals surface area contributed by atoms with Crippen molar-refractivity contribution < 1.29 is 23.8 Å². The molecule has 1 N–H and O–H groups in total. The fourth-order valence-corrected chi connectivity index (χ4v) is 6.01. The summed E-state index contributed by atoms with van der Waals surface area (Å²) >= 11 is 3.44. The Morgan fingerprint density at radius 3 is 2.21 bits per heavy atom. The van der Waals surface area contributed by atoms with Crippen LogP contribution in [-0.2, 0) is 20.7 Å². The molecule has 7 heteroatoms. The van der Waals surface area contributed by atoms with Gasteiger partial charge in [0.1, 0.15) is 17.5 Å². The Morgan fingerprint density at radius 1 is 1.03 bits per heavy atom. The number of ether oxygens (including phenoxy) is 3. The van der Waals surface area contributed by atoms with Crippen LogP contribution in [0, 0.1) is 5.41 Å².